The van der Waals surface area contributed by atoms with Crippen LogP contribution >= 0.6 is 23.2 Å². The summed E-state index contributed by atoms with van der Waals surface area (Å²) in [7, 11) is -4.61. The van der Waals surface area contributed by atoms with Gasteiger partial charge in [0.25, 0.3) is 0 Å². The summed E-state index contributed by atoms with van der Waals surface area (Å²) in [6.45, 7) is 0.256. The molecule has 0 aromatic heterocycles. The fourth-order valence-electron chi connectivity index (χ4n) is 1.90. The Kier molecular flexibility index (Phi) is 4.59. The predicted molar refractivity (Wildman–Crippen MR) is 78.3 cm³/mol. The van der Waals surface area contributed by atoms with Crippen LogP contribution in [-0.2, 0) is 16.7 Å². The highest BCUT2D eigenvalue weighted by molar-refractivity contribution is 7.86. The largest absolute Gasteiger partial charge is 0.747 e. The van der Waals surface area contributed by atoms with E-state index in [-0.39, 0.29) is 12.1 Å². The van der Waals surface area contributed by atoms with Crippen LogP contribution < -0.4 is 0 Å². The van der Waals surface area contributed by atoms with Gasteiger partial charge in [-0.25, -0.2) is 8.42 Å². The first kappa shape index (κ1) is 15.9. The zero-order valence-electron chi connectivity index (χ0n) is 10.5. The van der Waals surface area contributed by atoms with Crippen LogP contribution in [0.2, 0.25) is 10.0 Å². The predicted octanol–water partition coefficient (Wildman–Crippen LogP) is 2.64. The summed E-state index contributed by atoms with van der Waals surface area (Å²) in [5, 5.41) is 8.44. The summed E-state index contributed by atoms with van der Waals surface area (Å²) >= 11 is 12.1. The third-order valence-corrected chi connectivity index (χ3v) is 4.65. The van der Waals surface area contributed by atoms with Gasteiger partial charge in [-0.1, -0.05) is 29.3 Å². The molecule has 2 rings (SSSR count). The maximum atomic E-state index is 11.1. The van der Waals surface area contributed by atoms with E-state index in [0.29, 0.717) is 15.6 Å². The van der Waals surface area contributed by atoms with Crippen LogP contribution in [0.25, 0.3) is 0 Å². The van der Waals surface area contributed by atoms with Crippen molar-refractivity contribution >= 4 is 33.3 Å². The molecule has 0 radical (unpaired) electrons. The molecule has 0 amide bonds. The molecular weight excluding hydrogens is 335 g/mol. The van der Waals surface area contributed by atoms with Gasteiger partial charge in [0.05, 0.1) is 11.6 Å². The second-order valence-corrected chi connectivity index (χ2v) is 6.63. The molecule has 0 saturated heterocycles. The van der Waals surface area contributed by atoms with E-state index in [2.05, 4.69) is 0 Å². The van der Waals surface area contributed by atoms with Crippen molar-refractivity contribution < 1.29 is 13.0 Å². The number of rotatable bonds is 3. The van der Waals surface area contributed by atoms with Crippen molar-refractivity contribution in [1.82, 2.24) is 4.90 Å². The normalized spacial score (nSPS) is 18.3. The summed E-state index contributed by atoms with van der Waals surface area (Å²) in [5.41, 5.74) is 0.498. The third-order valence-electron chi connectivity index (χ3n) is 2.91. The average molecular weight is 344 g/mol. The minimum absolute atomic E-state index is 0.143. The summed E-state index contributed by atoms with van der Waals surface area (Å²) in [5.74, 6) is 0. The SMILES string of the molecule is N#CC1=CN(Cc2c(Cl)cccc2Cl)C=CC1S(=O)(=O)[O-]. The first-order chi connectivity index (χ1) is 9.82. The van der Waals surface area contributed by atoms with Crippen LogP contribution in [-0.4, -0.2) is 23.1 Å². The molecule has 8 heteroatoms. The monoisotopic (exact) mass is 343 g/mol. The Bertz CT molecular complexity index is 746. The molecule has 1 unspecified atom stereocenters. The van der Waals surface area contributed by atoms with Crippen LogP contribution in [0.4, 0.5) is 0 Å². The molecule has 1 aromatic carbocycles. The molecule has 0 saturated carbocycles. The fourth-order valence-corrected chi connectivity index (χ4v) is 3.10. The molecule has 1 aliphatic rings. The van der Waals surface area contributed by atoms with Gasteiger partial charge in [0.1, 0.15) is 15.4 Å². The lowest BCUT2D eigenvalue weighted by molar-refractivity contribution is 0.452. The lowest BCUT2D eigenvalue weighted by Gasteiger charge is -2.26. The van der Waals surface area contributed by atoms with Gasteiger partial charge in [-0.3, -0.25) is 0 Å². The van der Waals surface area contributed by atoms with Crippen molar-refractivity contribution in [1.29, 1.82) is 5.26 Å². The van der Waals surface area contributed by atoms with Crippen molar-refractivity contribution in [2.45, 2.75) is 11.8 Å². The Hall–Kier alpha value is -1.52. The Morgan fingerprint density at radius 3 is 2.48 bits per heavy atom. The molecule has 1 aliphatic heterocycles. The summed E-state index contributed by atoms with van der Waals surface area (Å²) in [4.78, 5) is 1.55. The highest BCUT2D eigenvalue weighted by Crippen LogP contribution is 2.27. The zero-order valence-corrected chi connectivity index (χ0v) is 12.9. The van der Waals surface area contributed by atoms with Crippen molar-refractivity contribution in [3.63, 3.8) is 0 Å². The lowest BCUT2D eigenvalue weighted by atomic mass is 10.1. The van der Waals surface area contributed by atoms with Crippen LogP contribution in [0.5, 0.6) is 0 Å². The van der Waals surface area contributed by atoms with E-state index in [0.717, 1.165) is 0 Å². The summed E-state index contributed by atoms with van der Waals surface area (Å²) in [6.07, 6.45) is 3.89. The van der Waals surface area contributed by atoms with Crippen LogP contribution in [0.15, 0.2) is 42.2 Å². The fraction of sp³-hybridized carbons (Fsp3) is 0.154. The topological polar surface area (TPSA) is 84.2 Å². The number of hydrogen-bond acceptors (Lipinski definition) is 5. The summed E-state index contributed by atoms with van der Waals surface area (Å²) < 4.78 is 33.2. The number of benzene rings is 1. The maximum absolute atomic E-state index is 11.1. The number of halogens is 2. The molecule has 0 spiro atoms. The van der Waals surface area contributed by atoms with Crippen molar-refractivity contribution in [2.75, 3.05) is 0 Å². The quantitative estimate of drug-likeness (QED) is 0.787. The first-order valence-electron chi connectivity index (χ1n) is 5.76. The van der Waals surface area contributed by atoms with E-state index in [9.17, 15) is 13.0 Å². The second kappa shape index (κ2) is 6.08. The van der Waals surface area contributed by atoms with Gasteiger partial charge in [0.2, 0.25) is 0 Å². The van der Waals surface area contributed by atoms with Crippen molar-refractivity contribution in [2.24, 2.45) is 0 Å². The molecule has 0 N–H and O–H groups in total. The number of nitrogens with zero attached hydrogens (tertiary/aromatic N) is 2. The van der Waals surface area contributed by atoms with E-state index >= 15 is 0 Å². The average Bonchev–Trinajstić information content (AvgIpc) is 2.41. The third kappa shape index (κ3) is 3.57. The Balaban J connectivity index is 2.29. The van der Waals surface area contributed by atoms with E-state index in [1.54, 1.807) is 29.2 Å². The van der Waals surface area contributed by atoms with Gasteiger partial charge in [0, 0.05) is 34.6 Å². The Morgan fingerprint density at radius 1 is 1.33 bits per heavy atom. The van der Waals surface area contributed by atoms with Gasteiger partial charge in [-0.05, 0) is 18.2 Å². The molecule has 5 nitrogen and oxygen atoms in total. The van der Waals surface area contributed by atoms with Gasteiger partial charge in [-0.15, -0.1) is 0 Å². The van der Waals surface area contributed by atoms with Gasteiger partial charge < -0.3 is 9.45 Å². The highest BCUT2D eigenvalue weighted by atomic mass is 35.5. The minimum atomic E-state index is -4.61. The highest BCUT2D eigenvalue weighted by Gasteiger charge is 2.23. The number of nitriles is 1. The molecule has 110 valence electrons. The van der Waals surface area contributed by atoms with Gasteiger partial charge in [-0.2, -0.15) is 5.26 Å². The molecule has 0 fully saturated rings. The summed E-state index contributed by atoms with van der Waals surface area (Å²) in [6, 6.07) is 6.79. The molecule has 0 bridgehead atoms. The molecular formula is C13H9Cl2N2O3S-. The van der Waals surface area contributed by atoms with E-state index in [1.165, 1.54) is 18.5 Å². The first-order valence-corrected chi connectivity index (χ1v) is 7.99. The lowest BCUT2D eigenvalue weighted by Crippen LogP contribution is -2.26. The molecule has 1 atom stereocenters. The van der Waals surface area contributed by atoms with Crippen molar-refractivity contribution in [3.8, 4) is 6.07 Å². The van der Waals surface area contributed by atoms with Crippen LogP contribution in [0, 0.1) is 11.3 Å². The van der Waals surface area contributed by atoms with E-state index < -0.39 is 15.4 Å². The molecule has 0 aliphatic carbocycles. The second-order valence-electron chi connectivity index (χ2n) is 4.32. The van der Waals surface area contributed by atoms with Crippen LogP contribution in [0.3, 0.4) is 0 Å². The molecule has 21 heavy (non-hydrogen) atoms. The zero-order chi connectivity index (χ0) is 15.6. The van der Waals surface area contributed by atoms with E-state index in [4.69, 9.17) is 28.5 Å². The van der Waals surface area contributed by atoms with E-state index in [1.807, 2.05) is 0 Å². The van der Waals surface area contributed by atoms with Crippen molar-refractivity contribution in [3.05, 3.63) is 57.9 Å². The molecule has 1 heterocycles. The van der Waals surface area contributed by atoms with Gasteiger partial charge in [0.15, 0.2) is 0 Å². The van der Waals surface area contributed by atoms with Gasteiger partial charge >= 0.3 is 0 Å². The smallest absolute Gasteiger partial charge is 0.106 e. The standard InChI is InChI=1S/C13H10Cl2N2O3S/c14-11-2-1-3-12(15)10(11)8-17-5-4-13(21(18,19)20)9(6-16)7-17/h1-5,7,13H,8H2,(H,18,19,20)/p-1. The maximum Gasteiger partial charge on any atom is 0.106 e. The number of hydrogen-bond donors (Lipinski definition) is 0. The minimum Gasteiger partial charge on any atom is -0.747 e. The van der Waals surface area contributed by atoms with Crippen LogP contribution in [0.1, 0.15) is 5.56 Å². The Labute approximate surface area is 132 Å². The molecule has 1 aromatic rings. The Morgan fingerprint density at radius 2 is 1.95 bits per heavy atom.